The van der Waals surface area contributed by atoms with Crippen molar-refractivity contribution in [3.05, 3.63) is 86.9 Å². The van der Waals surface area contributed by atoms with Gasteiger partial charge in [-0.3, -0.25) is 0 Å². The second-order valence-electron chi connectivity index (χ2n) is 10.5. The minimum absolute atomic E-state index is 0.406. The van der Waals surface area contributed by atoms with Crippen LogP contribution >= 0.6 is 15.9 Å². The summed E-state index contributed by atoms with van der Waals surface area (Å²) >= 11 is 3.61. The molecule has 0 aliphatic heterocycles. The molecule has 0 amide bonds. The third-order valence-electron chi connectivity index (χ3n) is 7.51. The summed E-state index contributed by atoms with van der Waals surface area (Å²) in [5, 5.41) is 14.1. The predicted octanol–water partition coefficient (Wildman–Crippen LogP) is 6.79. The number of aliphatic hydroxyl groups is 1. The van der Waals surface area contributed by atoms with E-state index in [1.807, 2.05) is 64.3 Å². The van der Waals surface area contributed by atoms with Crippen molar-refractivity contribution in [1.29, 1.82) is 0 Å². The zero-order chi connectivity index (χ0) is 29.7. The van der Waals surface area contributed by atoms with Crippen LogP contribution in [0.1, 0.15) is 54.0 Å². The first kappa shape index (κ1) is 30.8. The lowest BCUT2D eigenvalue weighted by atomic mass is 9.70. The highest BCUT2D eigenvalue weighted by molar-refractivity contribution is 9.10. The summed E-state index contributed by atoms with van der Waals surface area (Å²) < 4.78 is 18.6. The fraction of sp³-hybridized carbons (Fsp3) is 0.394. The van der Waals surface area contributed by atoms with Gasteiger partial charge in [0, 0.05) is 40.0 Å². The molecule has 0 spiro atoms. The topological polar surface area (TPSA) is 76.9 Å². The Bertz CT molecular complexity index is 1490. The molecule has 2 aromatic heterocycles. The number of rotatable bonds is 12. The Hall–Kier alpha value is -3.20. The van der Waals surface area contributed by atoms with E-state index in [0.29, 0.717) is 49.4 Å². The Morgan fingerprint density at radius 2 is 1.61 bits per heavy atom. The molecule has 1 N–H and O–H groups in total. The Balaban J connectivity index is 2.10. The van der Waals surface area contributed by atoms with Crippen LogP contribution in [0.2, 0.25) is 0 Å². The molecule has 2 unspecified atom stereocenters. The maximum atomic E-state index is 13.2. The number of methoxy groups -OCH3 is 1. The SMILES string of the molecule is CCOc1cc(C(O)(CCN(C)C)C(c2cc3cc(Br)ccc3nc2OC)c2cccc(C)c2C)cc(OCC)n1. The minimum atomic E-state index is -1.42. The monoisotopic (exact) mass is 621 g/mol. The minimum Gasteiger partial charge on any atom is -0.481 e. The zero-order valence-electron chi connectivity index (χ0n) is 25.0. The van der Waals surface area contributed by atoms with Crippen LogP contribution in [0.4, 0.5) is 0 Å². The first-order chi connectivity index (χ1) is 19.6. The number of pyridine rings is 2. The van der Waals surface area contributed by atoms with Gasteiger partial charge in [-0.2, -0.15) is 4.98 Å². The van der Waals surface area contributed by atoms with Gasteiger partial charge in [-0.25, -0.2) is 4.98 Å². The lowest BCUT2D eigenvalue weighted by Gasteiger charge is -2.39. The van der Waals surface area contributed by atoms with E-state index < -0.39 is 11.5 Å². The third kappa shape index (κ3) is 6.66. The van der Waals surface area contributed by atoms with Crippen molar-refractivity contribution in [2.24, 2.45) is 0 Å². The number of aryl methyl sites for hydroxylation is 1. The lowest BCUT2D eigenvalue weighted by molar-refractivity contribution is 0.00305. The van der Waals surface area contributed by atoms with E-state index >= 15 is 0 Å². The van der Waals surface area contributed by atoms with Gasteiger partial charge < -0.3 is 24.2 Å². The van der Waals surface area contributed by atoms with Gasteiger partial charge in [-0.05, 0) is 94.7 Å². The molecule has 8 heteroatoms. The highest BCUT2D eigenvalue weighted by Crippen LogP contribution is 2.49. The maximum absolute atomic E-state index is 13.2. The number of ether oxygens (including phenoxy) is 3. The number of aromatic nitrogens is 2. The quantitative estimate of drug-likeness (QED) is 0.187. The van der Waals surface area contributed by atoms with E-state index in [4.69, 9.17) is 19.2 Å². The van der Waals surface area contributed by atoms with Crippen LogP contribution in [0.3, 0.4) is 0 Å². The van der Waals surface area contributed by atoms with Gasteiger partial charge in [-0.15, -0.1) is 0 Å². The van der Waals surface area contributed by atoms with Crippen molar-refractivity contribution >= 4 is 26.8 Å². The molecular weight excluding hydrogens is 582 g/mol. The summed E-state index contributed by atoms with van der Waals surface area (Å²) in [6.45, 7) is 9.53. The molecular formula is C33H40BrN3O4. The number of hydrogen-bond donors (Lipinski definition) is 1. The van der Waals surface area contributed by atoms with Gasteiger partial charge in [0.2, 0.25) is 17.6 Å². The van der Waals surface area contributed by atoms with Gasteiger partial charge in [0.15, 0.2) is 0 Å². The van der Waals surface area contributed by atoms with Crippen LogP contribution in [-0.2, 0) is 5.60 Å². The van der Waals surface area contributed by atoms with Crippen molar-refractivity contribution in [2.45, 2.75) is 45.6 Å². The molecule has 2 heterocycles. The fourth-order valence-corrected chi connectivity index (χ4v) is 5.69. The summed E-state index contributed by atoms with van der Waals surface area (Å²) in [5.41, 5.74) is 4.07. The molecule has 7 nitrogen and oxygen atoms in total. The van der Waals surface area contributed by atoms with Gasteiger partial charge in [0.1, 0.15) is 5.60 Å². The van der Waals surface area contributed by atoms with Crippen LogP contribution in [0.5, 0.6) is 17.6 Å². The molecule has 0 saturated carbocycles. The number of benzene rings is 2. The second-order valence-corrected chi connectivity index (χ2v) is 11.4. The van der Waals surface area contributed by atoms with Gasteiger partial charge in [0.25, 0.3) is 0 Å². The van der Waals surface area contributed by atoms with Crippen molar-refractivity contribution in [3.63, 3.8) is 0 Å². The van der Waals surface area contributed by atoms with E-state index in [2.05, 4.69) is 57.9 Å². The van der Waals surface area contributed by atoms with E-state index in [1.54, 1.807) is 7.11 Å². The molecule has 4 aromatic rings. The molecule has 218 valence electrons. The molecule has 0 fully saturated rings. The largest absolute Gasteiger partial charge is 0.481 e. The maximum Gasteiger partial charge on any atom is 0.217 e. The number of hydrogen-bond acceptors (Lipinski definition) is 7. The first-order valence-electron chi connectivity index (χ1n) is 14.0. The van der Waals surface area contributed by atoms with E-state index in [1.165, 1.54) is 0 Å². The van der Waals surface area contributed by atoms with E-state index in [9.17, 15) is 5.11 Å². The van der Waals surface area contributed by atoms with Crippen LogP contribution < -0.4 is 14.2 Å². The molecule has 0 saturated heterocycles. The summed E-state index contributed by atoms with van der Waals surface area (Å²) in [7, 11) is 5.64. The summed E-state index contributed by atoms with van der Waals surface area (Å²) in [5.74, 6) is 0.741. The number of nitrogens with zero attached hydrogens (tertiary/aromatic N) is 3. The first-order valence-corrected chi connectivity index (χ1v) is 14.8. The molecule has 0 aliphatic carbocycles. The Labute approximate surface area is 251 Å². The predicted molar refractivity (Wildman–Crippen MR) is 167 cm³/mol. The molecule has 0 radical (unpaired) electrons. The molecule has 2 atom stereocenters. The Kier molecular flexibility index (Phi) is 9.89. The zero-order valence-corrected chi connectivity index (χ0v) is 26.6. The van der Waals surface area contributed by atoms with E-state index in [-0.39, 0.29) is 0 Å². The number of fused-ring (bicyclic) bond motifs is 1. The molecule has 4 rings (SSSR count). The standard InChI is InChI=1S/C33H40BrN3O4/c1-8-40-29-19-24(20-30(36-29)41-9-2)33(38,15-16-37(5)6)31(26-12-10-11-21(3)22(26)4)27-18-23-17-25(34)13-14-28(23)35-32(27)39-7/h10-14,17-20,31,38H,8-9,15-16H2,1-7H3. The smallest absolute Gasteiger partial charge is 0.217 e. The van der Waals surface area contributed by atoms with Crippen LogP contribution in [0.15, 0.2) is 59.1 Å². The highest BCUT2D eigenvalue weighted by Gasteiger charge is 2.44. The Morgan fingerprint density at radius 1 is 0.927 bits per heavy atom. The summed E-state index contributed by atoms with van der Waals surface area (Å²) in [6, 6.07) is 17.9. The van der Waals surface area contributed by atoms with Gasteiger partial charge in [-0.1, -0.05) is 34.1 Å². The summed E-state index contributed by atoms with van der Waals surface area (Å²) in [4.78, 5) is 11.5. The van der Waals surface area contributed by atoms with E-state index in [0.717, 1.165) is 37.6 Å². The summed E-state index contributed by atoms with van der Waals surface area (Å²) in [6.07, 6.45) is 0.416. The van der Waals surface area contributed by atoms with Crippen molar-refractivity contribution in [3.8, 4) is 17.6 Å². The molecule has 0 aliphatic rings. The Morgan fingerprint density at radius 3 is 2.22 bits per heavy atom. The van der Waals surface area contributed by atoms with Crippen LogP contribution in [-0.4, -0.2) is 60.9 Å². The molecule has 2 aromatic carbocycles. The van der Waals surface area contributed by atoms with Crippen molar-refractivity contribution < 1.29 is 19.3 Å². The average molecular weight is 623 g/mol. The van der Waals surface area contributed by atoms with Crippen LogP contribution in [0, 0.1) is 13.8 Å². The van der Waals surface area contributed by atoms with Crippen molar-refractivity contribution in [1.82, 2.24) is 14.9 Å². The second kappa shape index (κ2) is 13.2. The average Bonchev–Trinajstić information content (AvgIpc) is 2.94. The van der Waals surface area contributed by atoms with Gasteiger partial charge >= 0.3 is 0 Å². The molecule has 0 bridgehead atoms. The third-order valence-corrected chi connectivity index (χ3v) is 8.01. The molecule has 41 heavy (non-hydrogen) atoms. The number of halogens is 1. The highest BCUT2D eigenvalue weighted by atomic mass is 79.9. The lowest BCUT2D eigenvalue weighted by Crippen LogP contribution is -2.38. The van der Waals surface area contributed by atoms with Crippen LogP contribution in [0.25, 0.3) is 10.9 Å². The van der Waals surface area contributed by atoms with Crippen molar-refractivity contribution in [2.75, 3.05) is 41.0 Å². The van der Waals surface area contributed by atoms with Gasteiger partial charge in [0.05, 0.1) is 25.8 Å². The fourth-order valence-electron chi connectivity index (χ4n) is 5.31. The normalized spacial score (nSPS) is 13.7.